The van der Waals surface area contributed by atoms with E-state index in [1.807, 2.05) is 59.5 Å². The van der Waals surface area contributed by atoms with Gasteiger partial charge in [0.2, 0.25) is 0 Å². The number of benzene rings is 2. The molecule has 2 heterocycles. The number of pyridine rings is 1. The van der Waals surface area contributed by atoms with Crippen LogP contribution in [0.4, 0.5) is 0 Å². The number of amides is 1. The van der Waals surface area contributed by atoms with E-state index in [0.717, 1.165) is 58.4 Å². The Kier molecular flexibility index (Phi) is 4.74. The highest BCUT2D eigenvalue weighted by Gasteiger charge is 2.23. The zero-order valence-corrected chi connectivity index (χ0v) is 16.2. The van der Waals surface area contributed by atoms with E-state index in [0.29, 0.717) is 0 Å². The molecule has 0 bridgehead atoms. The van der Waals surface area contributed by atoms with Crippen LogP contribution in [0.5, 0.6) is 0 Å². The summed E-state index contributed by atoms with van der Waals surface area (Å²) in [6, 6.07) is 17.9. The Bertz CT molecular complexity index is 950. The van der Waals surface area contributed by atoms with Gasteiger partial charge in [-0.25, -0.2) is 4.98 Å². The second-order valence-corrected chi connectivity index (χ2v) is 7.59. The Morgan fingerprint density at radius 1 is 1.00 bits per heavy atom. The van der Waals surface area contributed by atoms with Crippen LogP contribution in [-0.2, 0) is 0 Å². The number of nitrogens with zero attached hydrogens (tertiary/aromatic N) is 3. The van der Waals surface area contributed by atoms with Crippen molar-refractivity contribution in [2.45, 2.75) is 0 Å². The second kappa shape index (κ2) is 7.17. The minimum atomic E-state index is 0.0841. The first-order chi connectivity index (χ1) is 12.6. The molecule has 0 spiro atoms. The summed E-state index contributed by atoms with van der Waals surface area (Å²) < 4.78 is 0.951. The van der Waals surface area contributed by atoms with Crippen molar-refractivity contribution >= 4 is 32.7 Å². The molecule has 1 aliphatic heterocycles. The lowest BCUT2D eigenvalue weighted by molar-refractivity contribution is 0.0666. The molecule has 1 fully saturated rings. The lowest BCUT2D eigenvalue weighted by Crippen LogP contribution is -2.47. The topological polar surface area (TPSA) is 36.4 Å². The van der Waals surface area contributed by atoms with Crippen LogP contribution in [0, 0.1) is 0 Å². The summed E-state index contributed by atoms with van der Waals surface area (Å²) in [4.78, 5) is 22.3. The average Bonchev–Trinajstić information content (AvgIpc) is 2.68. The molecule has 0 radical (unpaired) electrons. The zero-order chi connectivity index (χ0) is 18.1. The Morgan fingerprint density at radius 2 is 1.73 bits per heavy atom. The number of hydrogen-bond donors (Lipinski definition) is 0. The van der Waals surface area contributed by atoms with Gasteiger partial charge in [0.1, 0.15) is 0 Å². The highest BCUT2D eigenvalue weighted by molar-refractivity contribution is 9.10. The standard InChI is InChI=1S/C21H20BrN3O/c1-24-9-11-25(12-10-24)21(26)18-14-20(15-5-3-2-4-6-15)23-19-8-7-16(22)13-17(18)19/h2-8,13-14H,9-12H2,1H3. The van der Waals surface area contributed by atoms with E-state index in [2.05, 4.69) is 27.9 Å². The maximum absolute atomic E-state index is 13.3. The van der Waals surface area contributed by atoms with Gasteiger partial charge in [0.15, 0.2) is 0 Å². The molecule has 4 nitrogen and oxygen atoms in total. The van der Waals surface area contributed by atoms with Gasteiger partial charge in [-0.15, -0.1) is 0 Å². The van der Waals surface area contributed by atoms with Gasteiger partial charge in [0, 0.05) is 41.6 Å². The zero-order valence-electron chi connectivity index (χ0n) is 14.7. The molecule has 0 aliphatic carbocycles. The summed E-state index contributed by atoms with van der Waals surface area (Å²) in [7, 11) is 2.09. The Morgan fingerprint density at radius 3 is 2.46 bits per heavy atom. The summed E-state index contributed by atoms with van der Waals surface area (Å²) in [5.74, 6) is 0.0841. The predicted octanol–water partition coefficient (Wildman–Crippen LogP) is 4.05. The van der Waals surface area contributed by atoms with Crippen molar-refractivity contribution < 1.29 is 4.79 Å². The number of piperazine rings is 1. The fraction of sp³-hybridized carbons (Fsp3) is 0.238. The van der Waals surface area contributed by atoms with E-state index in [1.165, 1.54) is 0 Å². The highest BCUT2D eigenvalue weighted by Crippen LogP contribution is 2.28. The monoisotopic (exact) mass is 409 g/mol. The minimum absolute atomic E-state index is 0.0841. The molecule has 0 saturated carbocycles. The summed E-state index contributed by atoms with van der Waals surface area (Å²) >= 11 is 3.52. The predicted molar refractivity (Wildman–Crippen MR) is 108 cm³/mol. The molecular formula is C21H20BrN3O. The lowest BCUT2D eigenvalue weighted by Gasteiger charge is -2.32. The Hall–Kier alpha value is -2.24. The molecule has 1 amide bonds. The first-order valence-corrected chi connectivity index (χ1v) is 9.55. The van der Waals surface area contributed by atoms with Crippen LogP contribution >= 0.6 is 15.9 Å². The lowest BCUT2D eigenvalue weighted by atomic mass is 10.0. The van der Waals surface area contributed by atoms with Crippen LogP contribution < -0.4 is 0 Å². The van der Waals surface area contributed by atoms with Crippen LogP contribution in [0.2, 0.25) is 0 Å². The molecule has 26 heavy (non-hydrogen) atoms. The third-order valence-corrected chi connectivity index (χ3v) is 5.35. The maximum Gasteiger partial charge on any atom is 0.254 e. The van der Waals surface area contributed by atoms with E-state index in [1.54, 1.807) is 0 Å². The highest BCUT2D eigenvalue weighted by atomic mass is 79.9. The molecule has 0 N–H and O–H groups in total. The van der Waals surface area contributed by atoms with Gasteiger partial charge in [0.05, 0.1) is 16.8 Å². The molecular weight excluding hydrogens is 390 g/mol. The molecule has 3 aromatic rings. The molecule has 1 saturated heterocycles. The van der Waals surface area contributed by atoms with Crippen molar-refractivity contribution in [3.8, 4) is 11.3 Å². The maximum atomic E-state index is 13.3. The van der Waals surface area contributed by atoms with Crippen molar-refractivity contribution in [2.24, 2.45) is 0 Å². The summed E-state index contributed by atoms with van der Waals surface area (Å²) in [5, 5.41) is 0.892. The molecule has 0 unspecified atom stereocenters. The van der Waals surface area contributed by atoms with E-state index in [4.69, 9.17) is 4.98 Å². The number of aromatic nitrogens is 1. The quantitative estimate of drug-likeness (QED) is 0.640. The van der Waals surface area contributed by atoms with Gasteiger partial charge in [-0.2, -0.15) is 0 Å². The molecule has 2 aromatic carbocycles. The van der Waals surface area contributed by atoms with Crippen molar-refractivity contribution in [2.75, 3.05) is 33.2 Å². The number of carbonyl (C=O) groups is 1. The first-order valence-electron chi connectivity index (χ1n) is 8.75. The van der Waals surface area contributed by atoms with Gasteiger partial charge < -0.3 is 9.80 Å². The van der Waals surface area contributed by atoms with Crippen LogP contribution in [0.1, 0.15) is 10.4 Å². The van der Waals surface area contributed by atoms with Gasteiger partial charge in [-0.05, 0) is 31.3 Å². The molecule has 1 aromatic heterocycles. The average molecular weight is 410 g/mol. The van der Waals surface area contributed by atoms with E-state index in [-0.39, 0.29) is 5.91 Å². The van der Waals surface area contributed by atoms with Crippen LogP contribution in [0.3, 0.4) is 0 Å². The molecule has 1 aliphatic rings. The second-order valence-electron chi connectivity index (χ2n) is 6.68. The van der Waals surface area contributed by atoms with Crippen LogP contribution in [0.15, 0.2) is 59.1 Å². The number of fused-ring (bicyclic) bond motifs is 1. The van der Waals surface area contributed by atoms with Gasteiger partial charge >= 0.3 is 0 Å². The van der Waals surface area contributed by atoms with E-state index >= 15 is 0 Å². The minimum Gasteiger partial charge on any atom is -0.336 e. The van der Waals surface area contributed by atoms with Crippen LogP contribution in [-0.4, -0.2) is 53.9 Å². The normalized spacial score (nSPS) is 15.4. The fourth-order valence-corrected chi connectivity index (χ4v) is 3.67. The largest absolute Gasteiger partial charge is 0.336 e. The van der Waals surface area contributed by atoms with Crippen molar-refractivity contribution in [3.63, 3.8) is 0 Å². The summed E-state index contributed by atoms with van der Waals surface area (Å²) in [5.41, 5.74) is 3.41. The molecule has 132 valence electrons. The smallest absolute Gasteiger partial charge is 0.254 e. The number of carbonyl (C=O) groups excluding carboxylic acids is 1. The van der Waals surface area contributed by atoms with Crippen molar-refractivity contribution in [1.82, 2.24) is 14.8 Å². The van der Waals surface area contributed by atoms with Crippen LogP contribution in [0.25, 0.3) is 22.2 Å². The third-order valence-electron chi connectivity index (χ3n) is 4.86. The summed E-state index contributed by atoms with van der Waals surface area (Å²) in [6.45, 7) is 3.33. The van der Waals surface area contributed by atoms with Gasteiger partial charge in [-0.1, -0.05) is 46.3 Å². The van der Waals surface area contributed by atoms with Crippen molar-refractivity contribution in [1.29, 1.82) is 0 Å². The number of likely N-dealkylation sites (N-methyl/N-ethyl adjacent to an activating group) is 1. The Labute approximate surface area is 161 Å². The Balaban J connectivity index is 1.83. The van der Waals surface area contributed by atoms with Gasteiger partial charge in [0.25, 0.3) is 5.91 Å². The third kappa shape index (κ3) is 3.37. The fourth-order valence-electron chi connectivity index (χ4n) is 3.31. The van der Waals surface area contributed by atoms with Crippen molar-refractivity contribution in [3.05, 3.63) is 64.6 Å². The van der Waals surface area contributed by atoms with E-state index in [9.17, 15) is 4.79 Å². The summed E-state index contributed by atoms with van der Waals surface area (Å²) in [6.07, 6.45) is 0. The molecule has 0 atom stereocenters. The SMILES string of the molecule is CN1CCN(C(=O)c2cc(-c3ccccc3)nc3ccc(Br)cc23)CC1. The number of rotatable bonds is 2. The van der Waals surface area contributed by atoms with E-state index < -0.39 is 0 Å². The number of hydrogen-bond acceptors (Lipinski definition) is 3. The first kappa shape index (κ1) is 17.2. The number of halogens is 1. The van der Waals surface area contributed by atoms with Gasteiger partial charge in [-0.3, -0.25) is 4.79 Å². The molecule has 5 heteroatoms. The molecule has 4 rings (SSSR count).